The number of aromatic nitrogens is 2. The molecule has 7 heteroatoms. The van der Waals surface area contributed by atoms with Crippen molar-refractivity contribution in [3.05, 3.63) is 80.4 Å². The van der Waals surface area contributed by atoms with E-state index in [9.17, 15) is 14.7 Å². The fourth-order valence-corrected chi connectivity index (χ4v) is 3.42. The summed E-state index contributed by atoms with van der Waals surface area (Å²) in [5.41, 5.74) is 0.336. The van der Waals surface area contributed by atoms with Crippen molar-refractivity contribution in [1.29, 1.82) is 0 Å². The molecule has 2 aromatic heterocycles. The molecule has 0 aliphatic heterocycles. The predicted octanol–water partition coefficient (Wildman–Crippen LogP) is 3.09. The van der Waals surface area contributed by atoms with Crippen LogP contribution < -0.4 is 15.9 Å². The lowest BCUT2D eigenvalue weighted by Gasteiger charge is -2.18. The molecule has 7 nitrogen and oxygen atoms in total. The molecule has 1 unspecified atom stereocenters. The summed E-state index contributed by atoms with van der Waals surface area (Å²) in [4.78, 5) is 31.1. The van der Waals surface area contributed by atoms with E-state index in [1.807, 2.05) is 49.4 Å². The van der Waals surface area contributed by atoms with Crippen LogP contribution >= 0.6 is 0 Å². The molecule has 2 heterocycles. The van der Waals surface area contributed by atoms with E-state index in [0.717, 1.165) is 16.3 Å². The monoisotopic (exact) mass is 392 g/mol. The normalized spacial score (nSPS) is 12.3. The van der Waals surface area contributed by atoms with E-state index < -0.39 is 17.3 Å². The lowest BCUT2D eigenvalue weighted by molar-refractivity contribution is 0.144. The Kier molecular flexibility index (Phi) is 5.14. The van der Waals surface area contributed by atoms with Gasteiger partial charge in [0, 0.05) is 19.1 Å². The highest BCUT2D eigenvalue weighted by atomic mass is 16.5. The van der Waals surface area contributed by atoms with Gasteiger partial charge in [0.25, 0.3) is 11.6 Å². The second kappa shape index (κ2) is 7.89. The number of rotatable bonds is 6. The van der Waals surface area contributed by atoms with Crippen LogP contribution in [0.3, 0.4) is 0 Å². The van der Waals surface area contributed by atoms with E-state index in [-0.39, 0.29) is 23.7 Å². The van der Waals surface area contributed by atoms with Crippen molar-refractivity contribution in [2.75, 3.05) is 6.61 Å². The van der Waals surface area contributed by atoms with Gasteiger partial charge < -0.3 is 14.3 Å². The van der Waals surface area contributed by atoms with Gasteiger partial charge in [0.15, 0.2) is 0 Å². The Morgan fingerprint density at radius 1 is 1.14 bits per heavy atom. The molecule has 0 amide bonds. The van der Waals surface area contributed by atoms with Crippen molar-refractivity contribution >= 4 is 21.9 Å². The van der Waals surface area contributed by atoms with Crippen molar-refractivity contribution in [2.24, 2.45) is 0 Å². The third-order valence-corrected chi connectivity index (χ3v) is 4.85. The number of aliphatic hydroxyl groups is 1. The first-order valence-electron chi connectivity index (χ1n) is 9.42. The highest BCUT2D eigenvalue weighted by Gasteiger charge is 2.18. The molecule has 0 fully saturated rings. The van der Waals surface area contributed by atoms with Gasteiger partial charge in [0.2, 0.25) is 5.71 Å². The summed E-state index contributed by atoms with van der Waals surface area (Å²) in [5, 5.41) is 11.9. The van der Waals surface area contributed by atoms with Crippen molar-refractivity contribution in [3.8, 4) is 6.01 Å². The fourth-order valence-electron chi connectivity index (χ4n) is 3.42. The summed E-state index contributed by atoms with van der Waals surface area (Å²) in [6.45, 7) is 1.74. The second-order valence-corrected chi connectivity index (χ2v) is 6.72. The lowest BCUT2D eigenvalue weighted by Crippen LogP contribution is -2.17. The Morgan fingerprint density at radius 2 is 1.93 bits per heavy atom. The molecule has 0 bridgehead atoms. The zero-order valence-corrected chi connectivity index (χ0v) is 15.8. The van der Waals surface area contributed by atoms with Crippen LogP contribution in [-0.2, 0) is 6.42 Å². The zero-order chi connectivity index (χ0) is 20.4. The molecular formula is C22H20N2O5. The largest absolute Gasteiger partial charge is 0.456 e. The molecule has 1 atom stereocenters. The summed E-state index contributed by atoms with van der Waals surface area (Å²) in [5.74, 6) is 0. The Morgan fingerprint density at radius 3 is 2.69 bits per heavy atom. The second-order valence-electron chi connectivity index (χ2n) is 6.72. The van der Waals surface area contributed by atoms with Crippen LogP contribution in [0.2, 0.25) is 0 Å². The number of aliphatic hydroxyl groups excluding tert-OH is 1. The smallest absolute Gasteiger partial charge is 0.337 e. The topological polar surface area (TPSA) is 105 Å². The minimum absolute atomic E-state index is 0.0608. The first-order valence-corrected chi connectivity index (χ1v) is 9.42. The molecule has 0 aliphatic carbocycles. The van der Waals surface area contributed by atoms with Crippen LogP contribution in [-0.4, -0.2) is 21.7 Å². The molecule has 0 saturated carbocycles. The number of nitrogens with zero attached hydrogens (tertiary/aromatic N) is 1. The maximum Gasteiger partial charge on any atom is 0.337 e. The quantitative estimate of drug-likeness (QED) is 0.522. The third-order valence-electron chi connectivity index (χ3n) is 4.85. The lowest BCUT2D eigenvalue weighted by atomic mass is 10.0. The number of nitrogens with one attached hydrogen (secondary N) is 1. The maximum atomic E-state index is 12.6. The number of aromatic amines is 1. The molecule has 0 aliphatic rings. The molecule has 2 aromatic carbocycles. The minimum atomic E-state index is -0.570. The summed E-state index contributed by atoms with van der Waals surface area (Å²) < 4.78 is 11.0. The minimum Gasteiger partial charge on any atom is -0.456 e. The average Bonchev–Trinajstić information content (AvgIpc) is 2.72. The standard InChI is InChI=1S/C22H20N2O5/c1-2-13-12-18(26)29-21-19(13)20(27)23-22(24-21)28-17(9-10-25)16-8-7-14-5-3-4-6-15(14)11-16/h3-8,11-12,17,25H,2,9-10H2,1H3,(H,23,24,27). The molecule has 0 spiro atoms. The maximum absolute atomic E-state index is 12.6. The van der Waals surface area contributed by atoms with Crippen LogP contribution in [0.1, 0.15) is 30.6 Å². The molecule has 29 heavy (non-hydrogen) atoms. The first kappa shape index (κ1) is 18.9. The molecule has 2 N–H and O–H groups in total. The Labute approximate surface area is 165 Å². The number of aryl methyl sites for hydroxylation is 1. The van der Waals surface area contributed by atoms with Gasteiger partial charge >= 0.3 is 5.63 Å². The van der Waals surface area contributed by atoms with E-state index in [0.29, 0.717) is 18.4 Å². The average molecular weight is 392 g/mol. The summed E-state index contributed by atoms with van der Waals surface area (Å²) in [6.07, 6.45) is 0.266. The van der Waals surface area contributed by atoms with Gasteiger partial charge in [0.1, 0.15) is 11.5 Å². The van der Waals surface area contributed by atoms with Gasteiger partial charge in [-0.25, -0.2) is 4.79 Å². The highest BCUT2D eigenvalue weighted by molar-refractivity contribution is 5.83. The summed E-state index contributed by atoms with van der Waals surface area (Å²) in [6, 6.07) is 15.0. The van der Waals surface area contributed by atoms with E-state index in [1.165, 1.54) is 6.07 Å². The van der Waals surface area contributed by atoms with Gasteiger partial charge in [-0.1, -0.05) is 43.3 Å². The number of hydrogen-bond acceptors (Lipinski definition) is 6. The van der Waals surface area contributed by atoms with Gasteiger partial charge in [0.05, 0.1) is 0 Å². The zero-order valence-electron chi connectivity index (χ0n) is 15.8. The highest BCUT2D eigenvalue weighted by Crippen LogP contribution is 2.26. The van der Waals surface area contributed by atoms with E-state index >= 15 is 0 Å². The number of hydrogen-bond donors (Lipinski definition) is 2. The van der Waals surface area contributed by atoms with Crippen LogP contribution in [0.5, 0.6) is 6.01 Å². The van der Waals surface area contributed by atoms with Crippen LogP contribution in [0.25, 0.3) is 21.9 Å². The van der Waals surface area contributed by atoms with Crippen LogP contribution in [0, 0.1) is 0 Å². The van der Waals surface area contributed by atoms with E-state index in [1.54, 1.807) is 0 Å². The van der Waals surface area contributed by atoms with Gasteiger partial charge in [-0.2, -0.15) is 4.98 Å². The van der Waals surface area contributed by atoms with Crippen molar-refractivity contribution in [3.63, 3.8) is 0 Å². The van der Waals surface area contributed by atoms with Gasteiger partial charge in [-0.3, -0.25) is 9.78 Å². The number of ether oxygens (including phenoxy) is 1. The van der Waals surface area contributed by atoms with E-state index in [2.05, 4.69) is 9.97 Å². The van der Waals surface area contributed by atoms with Crippen LogP contribution in [0.15, 0.2) is 62.5 Å². The number of fused-ring (bicyclic) bond motifs is 2. The molecule has 0 saturated heterocycles. The Balaban J connectivity index is 1.75. The third kappa shape index (κ3) is 3.77. The van der Waals surface area contributed by atoms with E-state index in [4.69, 9.17) is 9.15 Å². The SMILES string of the molecule is CCc1cc(=O)oc2nc(OC(CCO)c3ccc4ccccc4c3)[nH]c(=O)c12. The summed E-state index contributed by atoms with van der Waals surface area (Å²) in [7, 11) is 0. The van der Waals surface area contributed by atoms with Crippen molar-refractivity contribution in [1.82, 2.24) is 9.97 Å². The van der Waals surface area contributed by atoms with Gasteiger partial charge in [-0.15, -0.1) is 0 Å². The van der Waals surface area contributed by atoms with Gasteiger partial charge in [-0.05, 0) is 34.4 Å². The van der Waals surface area contributed by atoms with Crippen molar-refractivity contribution in [2.45, 2.75) is 25.9 Å². The molecule has 4 rings (SSSR count). The molecule has 148 valence electrons. The molecular weight excluding hydrogens is 372 g/mol. The fraction of sp³-hybridized carbons (Fsp3) is 0.227. The first-order chi connectivity index (χ1) is 14.1. The number of H-pyrrole nitrogens is 1. The Hall–Kier alpha value is -3.45. The number of benzene rings is 2. The molecule has 4 aromatic rings. The predicted molar refractivity (Wildman–Crippen MR) is 109 cm³/mol. The van der Waals surface area contributed by atoms with Crippen molar-refractivity contribution < 1.29 is 14.3 Å². The summed E-state index contributed by atoms with van der Waals surface area (Å²) >= 11 is 0. The Bertz CT molecular complexity index is 1290. The van der Waals surface area contributed by atoms with Crippen LogP contribution in [0.4, 0.5) is 0 Å². The molecule has 0 radical (unpaired) electrons.